The van der Waals surface area contributed by atoms with Gasteiger partial charge in [-0.25, -0.2) is 0 Å². The fourth-order valence-corrected chi connectivity index (χ4v) is 3.58. The third-order valence-electron chi connectivity index (χ3n) is 5.21. The number of hydrogen-bond acceptors (Lipinski definition) is 4. The Kier molecular flexibility index (Phi) is 20.7. The van der Waals surface area contributed by atoms with E-state index in [0.29, 0.717) is 6.42 Å². The molecule has 0 heterocycles. The van der Waals surface area contributed by atoms with Crippen molar-refractivity contribution in [3.63, 3.8) is 0 Å². The van der Waals surface area contributed by atoms with E-state index in [0.717, 1.165) is 32.1 Å². The van der Waals surface area contributed by atoms with Crippen molar-refractivity contribution in [2.75, 3.05) is 6.54 Å². The van der Waals surface area contributed by atoms with E-state index >= 15 is 0 Å². The quantitative estimate of drug-likeness (QED) is 0.140. The summed E-state index contributed by atoms with van der Waals surface area (Å²) in [6, 6.07) is 0. The third kappa shape index (κ3) is 14.0. The molecule has 0 saturated carbocycles. The second-order valence-corrected chi connectivity index (χ2v) is 9.52. The van der Waals surface area contributed by atoms with Gasteiger partial charge in [0.1, 0.15) is 0 Å². The van der Waals surface area contributed by atoms with Crippen LogP contribution >= 0.6 is 0 Å². The standard InChI is InChI=1S/C21H41NO4S.K.H/c1-3-4-5-6-7-8-9-10-11-12-13-14-15-16-17-18-20(23)21(2,19-22)27(24,25)26;;/h10-11H,3-9,12-19,22H2,1-2H3,(H,24,25,26);;. The molecule has 0 rings (SSSR count). The fourth-order valence-electron chi connectivity index (χ4n) is 2.98. The van der Waals surface area contributed by atoms with Crippen molar-refractivity contribution in [1.82, 2.24) is 0 Å². The SMILES string of the molecule is CCCCCCCCC=CCCCCCCCC(=O)C(C)(CN)S(=O)(=O)O.[KH]. The van der Waals surface area contributed by atoms with Crippen LogP contribution in [0.1, 0.15) is 104 Å². The Bertz CT molecular complexity index is 522. The van der Waals surface area contributed by atoms with E-state index in [4.69, 9.17) is 5.73 Å². The van der Waals surface area contributed by atoms with Gasteiger partial charge in [-0.05, 0) is 39.0 Å². The normalized spacial score (nSPS) is 14.0. The van der Waals surface area contributed by atoms with Crippen LogP contribution in [0.25, 0.3) is 0 Å². The second-order valence-electron chi connectivity index (χ2n) is 7.67. The molecule has 0 amide bonds. The molecule has 1 atom stereocenters. The van der Waals surface area contributed by atoms with E-state index in [1.54, 1.807) is 0 Å². The predicted octanol–water partition coefficient (Wildman–Crippen LogP) is 4.55. The molecule has 0 radical (unpaired) electrons. The predicted molar refractivity (Wildman–Crippen MR) is 121 cm³/mol. The number of rotatable bonds is 18. The average Bonchev–Trinajstić information content (AvgIpc) is 2.62. The van der Waals surface area contributed by atoms with Crippen LogP contribution in [0.4, 0.5) is 0 Å². The summed E-state index contributed by atoms with van der Waals surface area (Å²) in [6.07, 6.45) is 19.8. The number of unbranched alkanes of at least 4 members (excludes halogenated alkanes) is 11. The Labute approximate surface area is 215 Å². The minimum atomic E-state index is -4.47. The Morgan fingerprint density at radius 1 is 0.893 bits per heavy atom. The topological polar surface area (TPSA) is 97.5 Å². The van der Waals surface area contributed by atoms with E-state index in [9.17, 15) is 17.8 Å². The first kappa shape index (κ1) is 31.1. The van der Waals surface area contributed by atoms with Crippen LogP contribution in [-0.4, -0.2) is 81.4 Å². The molecule has 0 bridgehead atoms. The Morgan fingerprint density at radius 2 is 1.32 bits per heavy atom. The summed E-state index contributed by atoms with van der Waals surface area (Å²) in [5, 5.41) is 0. The van der Waals surface area contributed by atoms with Crippen molar-refractivity contribution in [1.29, 1.82) is 0 Å². The maximum atomic E-state index is 12.0. The van der Waals surface area contributed by atoms with Crippen LogP contribution in [0, 0.1) is 0 Å². The van der Waals surface area contributed by atoms with Gasteiger partial charge in [-0.3, -0.25) is 9.35 Å². The molecular formula is C21H42KNO4S. The van der Waals surface area contributed by atoms with Gasteiger partial charge in [-0.1, -0.05) is 70.4 Å². The summed E-state index contributed by atoms with van der Waals surface area (Å²) >= 11 is 0. The van der Waals surface area contributed by atoms with Crippen LogP contribution in [0.2, 0.25) is 0 Å². The van der Waals surface area contributed by atoms with E-state index in [1.807, 2.05) is 0 Å². The molecule has 0 aromatic rings. The number of hydrogen-bond donors (Lipinski definition) is 2. The fraction of sp³-hybridized carbons (Fsp3) is 0.857. The summed E-state index contributed by atoms with van der Waals surface area (Å²) in [4.78, 5) is 12.0. The third-order valence-corrected chi connectivity index (χ3v) is 6.75. The molecule has 162 valence electrons. The monoisotopic (exact) mass is 443 g/mol. The molecule has 28 heavy (non-hydrogen) atoms. The molecule has 5 nitrogen and oxygen atoms in total. The molecule has 0 aliphatic carbocycles. The number of nitrogens with two attached hydrogens (primary N) is 1. The van der Waals surface area contributed by atoms with Crippen molar-refractivity contribution in [3.8, 4) is 0 Å². The van der Waals surface area contributed by atoms with Gasteiger partial charge in [0.15, 0.2) is 10.5 Å². The van der Waals surface area contributed by atoms with Crippen LogP contribution in [0.3, 0.4) is 0 Å². The van der Waals surface area contributed by atoms with Gasteiger partial charge in [0.05, 0.1) is 0 Å². The molecule has 0 aromatic heterocycles. The van der Waals surface area contributed by atoms with Crippen molar-refractivity contribution in [2.45, 2.75) is 108 Å². The minimum absolute atomic E-state index is 0. The molecule has 0 aromatic carbocycles. The molecule has 0 aliphatic heterocycles. The molecule has 0 fully saturated rings. The molecular weight excluding hydrogens is 401 g/mol. The van der Waals surface area contributed by atoms with E-state index in [2.05, 4.69) is 19.1 Å². The molecule has 3 N–H and O–H groups in total. The van der Waals surface area contributed by atoms with Gasteiger partial charge in [0, 0.05) is 13.0 Å². The van der Waals surface area contributed by atoms with E-state index in [-0.39, 0.29) is 57.8 Å². The summed E-state index contributed by atoms with van der Waals surface area (Å²) < 4.78 is 30.0. The first-order valence-electron chi connectivity index (χ1n) is 10.6. The number of ketones is 1. The van der Waals surface area contributed by atoms with Crippen LogP contribution in [0.15, 0.2) is 12.2 Å². The molecule has 0 spiro atoms. The van der Waals surface area contributed by atoms with Gasteiger partial charge in [-0.2, -0.15) is 8.42 Å². The summed E-state index contributed by atoms with van der Waals surface area (Å²) in [5.41, 5.74) is 5.38. The van der Waals surface area contributed by atoms with Crippen molar-refractivity contribution >= 4 is 67.3 Å². The number of Topliss-reactive ketones (excluding diaryl/α,β-unsaturated/α-hetero) is 1. The van der Waals surface area contributed by atoms with Crippen LogP contribution < -0.4 is 5.73 Å². The van der Waals surface area contributed by atoms with Gasteiger partial charge in [0.25, 0.3) is 10.1 Å². The molecule has 0 aliphatic rings. The molecule has 0 saturated heterocycles. The van der Waals surface area contributed by atoms with Crippen LogP contribution in [-0.2, 0) is 14.9 Å². The van der Waals surface area contributed by atoms with Gasteiger partial charge in [-0.15, -0.1) is 0 Å². The van der Waals surface area contributed by atoms with Crippen molar-refractivity contribution < 1.29 is 17.8 Å². The Morgan fingerprint density at radius 3 is 1.75 bits per heavy atom. The maximum absolute atomic E-state index is 12.0. The van der Waals surface area contributed by atoms with Crippen molar-refractivity contribution in [3.05, 3.63) is 12.2 Å². The summed E-state index contributed by atoms with van der Waals surface area (Å²) in [6.45, 7) is 3.04. The zero-order valence-electron chi connectivity index (χ0n) is 17.4. The molecule has 7 heteroatoms. The first-order valence-corrected chi connectivity index (χ1v) is 12.1. The second kappa shape index (κ2) is 18.7. The summed E-state index contributed by atoms with van der Waals surface area (Å²) in [5.74, 6) is -0.495. The van der Waals surface area contributed by atoms with Gasteiger partial charge in [0.2, 0.25) is 0 Å². The Balaban J connectivity index is 0. The van der Waals surface area contributed by atoms with E-state index in [1.165, 1.54) is 51.9 Å². The zero-order chi connectivity index (χ0) is 20.6. The van der Waals surface area contributed by atoms with E-state index < -0.39 is 27.2 Å². The Hall–Kier alpha value is 0.916. The number of allylic oxidation sites excluding steroid dienone is 2. The number of carbonyl (C=O) groups is 1. The van der Waals surface area contributed by atoms with Crippen molar-refractivity contribution in [2.24, 2.45) is 5.73 Å². The number of carbonyl (C=O) groups excluding carboxylic acids is 1. The summed E-state index contributed by atoms with van der Waals surface area (Å²) in [7, 11) is -4.47. The average molecular weight is 444 g/mol. The first-order chi connectivity index (χ1) is 12.8. The van der Waals surface area contributed by atoms with Gasteiger partial charge < -0.3 is 5.73 Å². The molecule has 1 unspecified atom stereocenters. The van der Waals surface area contributed by atoms with Gasteiger partial charge >= 0.3 is 51.4 Å². The zero-order valence-corrected chi connectivity index (χ0v) is 18.2. The van der Waals surface area contributed by atoms with Crippen LogP contribution in [0.5, 0.6) is 0 Å².